The Morgan fingerprint density at radius 2 is 1.51 bits per heavy atom. The molecule has 3 fully saturated rings. The van der Waals surface area contributed by atoms with Gasteiger partial charge in [-0.05, 0) is 216 Å². The lowest BCUT2D eigenvalue weighted by Crippen LogP contribution is -2.60. The van der Waals surface area contributed by atoms with Crippen molar-refractivity contribution in [1.82, 2.24) is 0 Å². The monoisotopic (exact) mass is 1320 g/mol. The molecule has 17 rings (SSSR count). The zero-order chi connectivity index (χ0) is 66.7. The van der Waals surface area contributed by atoms with Crippen molar-refractivity contribution in [3.8, 4) is 23.3 Å². The van der Waals surface area contributed by atoms with Crippen LogP contribution in [0.5, 0.6) is 11.5 Å². The van der Waals surface area contributed by atoms with E-state index in [4.69, 9.17) is 25.9 Å². The number of fused-ring (bicyclic) bond motifs is 11. The molecular formula is C84H89N3O9S. The second-order valence-electron chi connectivity index (χ2n) is 29.6. The zero-order valence-corrected chi connectivity index (χ0v) is 56.0. The number of aryl methyl sites for hydroxylation is 1. The van der Waals surface area contributed by atoms with E-state index in [0.717, 1.165) is 97.7 Å². The molecule has 2 saturated carbocycles. The van der Waals surface area contributed by atoms with Crippen LogP contribution in [-0.2, 0) is 46.3 Å². The van der Waals surface area contributed by atoms with Crippen molar-refractivity contribution >= 4 is 26.9 Å². The first kappa shape index (κ1) is 64.9. The van der Waals surface area contributed by atoms with Gasteiger partial charge in [0, 0.05) is 53.9 Å². The van der Waals surface area contributed by atoms with Gasteiger partial charge < -0.3 is 41.4 Å². The maximum atomic E-state index is 14.7. The van der Waals surface area contributed by atoms with Crippen LogP contribution in [0.25, 0.3) is 10.8 Å². The topological polar surface area (TPSA) is 218 Å². The Morgan fingerprint density at radius 1 is 0.763 bits per heavy atom. The summed E-state index contributed by atoms with van der Waals surface area (Å²) in [4.78, 5) is 5.41. The van der Waals surface area contributed by atoms with Crippen molar-refractivity contribution in [3.63, 3.8) is 0 Å². The minimum Gasteiger partial charge on any atom is -0.508 e. The third-order valence-corrected chi connectivity index (χ3v) is 25.2. The van der Waals surface area contributed by atoms with Gasteiger partial charge >= 0.3 is 0 Å². The van der Waals surface area contributed by atoms with Gasteiger partial charge in [-0.3, -0.25) is 4.55 Å². The van der Waals surface area contributed by atoms with Crippen LogP contribution < -0.4 is 16.2 Å². The number of aromatic hydroxyl groups is 1. The predicted molar refractivity (Wildman–Crippen MR) is 380 cm³/mol. The van der Waals surface area contributed by atoms with E-state index in [1.807, 2.05) is 30.3 Å². The van der Waals surface area contributed by atoms with Gasteiger partial charge in [0.05, 0.1) is 23.1 Å². The Hall–Kier alpha value is -8.06. The lowest BCUT2D eigenvalue weighted by molar-refractivity contribution is -0.177. The minimum absolute atomic E-state index is 0.0349. The third kappa shape index (κ3) is 12.7. The molecule has 12 nitrogen and oxygen atoms in total. The standard InChI is InChI=1S/C84H89N3O9S/c1-51-22-23-60-44-68-33-36-71(60)74(51)48-79(97(92,93)94)75-46-64-42-63(45-69-39-54(50-88)16-10-19-58-43-67(89)32-35-73(58)81(64)95-69)80(75)56-24-29-66(30-25-56)84(96-68,87-82(85)86)76-37-31-65-28-26-61(49-83(65,91)77(76)40-53-14-6-3-7-15-53)57-27-34-72(62(41-57)38-52-12-4-2-5-13-52)78(90)47-59-20-11-18-55-17-8-9-21-70(55)59/h2-9,11-15,17-18,20-21,24-25,27,29-30,32-36,41,43-44,46,51,54,61,63,65,69,74-81,88-91H,16,22-23,26,28,31,37-40,42,45,47-50H2,1H3,(H4,85,86,87)(H,92,93,94). The van der Waals surface area contributed by atoms with Gasteiger partial charge in [-0.2, -0.15) is 8.42 Å². The zero-order valence-electron chi connectivity index (χ0n) is 55.2. The van der Waals surface area contributed by atoms with Crippen LogP contribution >= 0.6 is 0 Å². The molecule has 8 aromatic carbocycles. The number of phenols is 1. The smallest absolute Gasteiger partial charge is 0.268 e. The molecule has 16 unspecified atom stereocenters. The van der Waals surface area contributed by atoms with Crippen LogP contribution in [0.15, 0.2) is 199 Å². The van der Waals surface area contributed by atoms with Gasteiger partial charge in [-0.15, -0.1) is 0 Å². The molecule has 5 heterocycles. The van der Waals surface area contributed by atoms with E-state index in [2.05, 4.69) is 164 Å². The molecule has 10 bridgehead atoms. The Kier molecular flexibility index (Phi) is 17.8. The van der Waals surface area contributed by atoms with E-state index < -0.39 is 62.6 Å². The van der Waals surface area contributed by atoms with Crippen molar-refractivity contribution in [2.75, 3.05) is 6.61 Å². The van der Waals surface area contributed by atoms with Crippen LogP contribution in [0.4, 0.5) is 0 Å². The Balaban J connectivity index is 0.861. The van der Waals surface area contributed by atoms with E-state index in [9.17, 15) is 33.4 Å². The summed E-state index contributed by atoms with van der Waals surface area (Å²) >= 11 is 0. The molecule has 13 heteroatoms. The molecule has 4 aliphatic carbocycles. The number of hydrogen-bond donors (Lipinski definition) is 7. The number of phenolic OH excluding ortho intramolecular Hbond substituents is 1. The summed E-state index contributed by atoms with van der Waals surface area (Å²) in [6, 6.07) is 61.8. The highest BCUT2D eigenvalue weighted by molar-refractivity contribution is 7.86. The molecule has 0 aromatic heterocycles. The van der Waals surface area contributed by atoms with Gasteiger partial charge in [0.2, 0.25) is 5.72 Å². The summed E-state index contributed by atoms with van der Waals surface area (Å²) in [6.45, 7) is 2.10. The fraction of sp³-hybridized carbons (Fsp3) is 0.393. The fourth-order valence-electron chi connectivity index (χ4n) is 19.3. The van der Waals surface area contributed by atoms with Crippen molar-refractivity contribution in [2.45, 2.75) is 156 Å². The second kappa shape index (κ2) is 26.6. The number of allylic oxidation sites excluding steroid dienone is 1. The normalized spacial score (nSPS) is 30.0. The molecule has 0 radical (unpaired) electrons. The van der Waals surface area contributed by atoms with E-state index in [1.165, 1.54) is 0 Å². The number of ether oxygens (including phenoxy) is 2. The van der Waals surface area contributed by atoms with Crippen molar-refractivity contribution in [1.29, 1.82) is 0 Å². The molecule has 9 aliphatic rings. The van der Waals surface area contributed by atoms with Crippen LogP contribution in [0, 0.1) is 53.3 Å². The molecule has 0 spiro atoms. The van der Waals surface area contributed by atoms with Gasteiger partial charge in [0.25, 0.3) is 10.1 Å². The first-order chi connectivity index (χ1) is 47.0. The van der Waals surface area contributed by atoms with Crippen LogP contribution in [-0.4, -0.2) is 62.9 Å². The van der Waals surface area contributed by atoms with Gasteiger partial charge in [-0.25, -0.2) is 4.99 Å². The molecule has 500 valence electrons. The number of aliphatic hydroxyl groups is 3. The highest BCUT2D eigenvalue weighted by Gasteiger charge is 2.60. The number of guanidine groups is 1. The average Bonchev–Trinajstić information content (AvgIpc) is 1.39. The fourth-order valence-corrected chi connectivity index (χ4v) is 20.4. The Bertz CT molecular complexity index is 4460. The lowest BCUT2D eigenvalue weighted by Gasteiger charge is -2.57. The number of rotatable bonds is 12. The number of nitrogens with two attached hydrogens (primary N) is 2. The van der Waals surface area contributed by atoms with Gasteiger partial charge in [0.1, 0.15) is 17.6 Å². The van der Waals surface area contributed by atoms with Crippen molar-refractivity contribution in [3.05, 3.63) is 260 Å². The maximum Gasteiger partial charge on any atom is 0.268 e. The largest absolute Gasteiger partial charge is 0.508 e. The molecule has 97 heavy (non-hydrogen) atoms. The second-order valence-corrected chi connectivity index (χ2v) is 31.2. The predicted octanol–water partition coefficient (Wildman–Crippen LogP) is 14.8. The molecular weight excluding hydrogens is 1230 g/mol. The van der Waals surface area contributed by atoms with E-state index >= 15 is 0 Å². The van der Waals surface area contributed by atoms with Crippen LogP contribution in [0.1, 0.15) is 174 Å². The van der Waals surface area contributed by atoms with Crippen LogP contribution in [0.3, 0.4) is 0 Å². The number of benzene rings is 8. The van der Waals surface area contributed by atoms with Crippen LogP contribution in [0.2, 0.25) is 0 Å². The first-order valence-corrected chi connectivity index (χ1v) is 36.8. The molecule has 8 aromatic rings. The summed E-state index contributed by atoms with van der Waals surface area (Å²) in [5.41, 5.74) is 23.1. The molecule has 5 aliphatic heterocycles. The quantitative estimate of drug-likeness (QED) is 0.0201. The van der Waals surface area contributed by atoms with Gasteiger partial charge in [-0.1, -0.05) is 183 Å². The number of aliphatic hydroxyl groups excluding tert-OH is 2. The lowest BCUT2D eigenvalue weighted by atomic mass is 9.52. The number of aliphatic imine (C=N–C) groups is 1. The minimum atomic E-state index is -4.74. The van der Waals surface area contributed by atoms with Crippen molar-refractivity contribution < 1.29 is 42.9 Å². The van der Waals surface area contributed by atoms with Crippen molar-refractivity contribution in [2.24, 2.45) is 57.9 Å². The summed E-state index contributed by atoms with van der Waals surface area (Å²) in [7, 11) is -4.74. The van der Waals surface area contributed by atoms with E-state index in [0.29, 0.717) is 81.1 Å². The number of hydrogen-bond acceptors (Lipinski definition) is 9. The van der Waals surface area contributed by atoms with Gasteiger partial charge in [0.15, 0.2) is 5.96 Å². The summed E-state index contributed by atoms with van der Waals surface area (Å²) in [6.07, 6.45) is 9.20. The molecule has 0 amide bonds. The first-order valence-electron chi connectivity index (χ1n) is 35.3. The summed E-state index contributed by atoms with van der Waals surface area (Å²) in [5.74, 6) is 4.33. The Labute approximate surface area is 570 Å². The van der Waals surface area contributed by atoms with E-state index in [-0.39, 0.29) is 66.3 Å². The third-order valence-electron chi connectivity index (χ3n) is 23.9. The number of nitrogens with zero attached hydrogens (tertiary/aromatic N) is 1. The highest BCUT2D eigenvalue weighted by Crippen LogP contribution is 2.60. The molecule has 1 saturated heterocycles. The highest BCUT2D eigenvalue weighted by atomic mass is 32.2. The SMILES string of the molecule is CC1CCc2cc3ccc2C1CC(S(=O)(=O)O)C1C=C2CC(CC4CC(CO)CC#Cc5cc(O)ccc5C2O4)C1c1ccc(cc1)C(N=C(N)N)(C1CCC2CCC(c4ccc(C(O)Cc5cccc6ccccc56)c(Cc5ccccc5)c4)CC2(O)C1Cc1ccccc1)O3. The molecule has 9 N–H and O–H groups in total. The summed E-state index contributed by atoms with van der Waals surface area (Å²) in [5, 5.41) is 49.6. The Morgan fingerprint density at radius 3 is 2.29 bits per heavy atom. The molecule has 16 atom stereocenters. The summed E-state index contributed by atoms with van der Waals surface area (Å²) < 4.78 is 56.3. The average molecular weight is 1320 g/mol. The van der Waals surface area contributed by atoms with E-state index in [1.54, 1.807) is 12.1 Å². The maximum absolute atomic E-state index is 14.7.